The highest BCUT2D eigenvalue weighted by Crippen LogP contribution is 2.30. The fourth-order valence-electron chi connectivity index (χ4n) is 2.42. The molecule has 3 aromatic rings. The van der Waals surface area contributed by atoms with Crippen molar-refractivity contribution < 1.29 is 9.53 Å². The van der Waals surface area contributed by atoms with Crippen LogP contribution < -0.4 is 10.1 Å². The van der Waals surface area contributed by atoms with Crippen molar-refractivity contribution in [1.29, 1.82) is 0 Å². The van der Waals surface area contributed by atoms with Gasteiger partial charge in [0.05, 0.1) is 11.9 Å². The number of ether oxygens (including phenoxy) is 1. The Balaban J connectivity index is 1.55. The van der Waals surface area contributed by atoms with Crippen molar-refractivity contribution in [1.82, 2.24) is 10.2 Å². The van der Waals surface area contributed by atoms with Gasteiger partial charge < -0.3 is 10.1 Å². The molecule has 7 heteroatoms. The number of carbonyl (C=O) groups excluding carboxylic acids is 1. The Hall–Kier alpha value is -2.38. The van der Waals surface area contributed by atoms with Crippen LogP contribution in [0.5, 0.6) is 5.75 Å². The molecule has 1 heterocycles. The maximum absolute atomic E-state index is 12.6. The summed E-state index contributed by atoms with van der Waals surface area (Å²) in [6.45, 7) is 5.13. The smallest absolute Gasteiger partial charge is 0.206 e. The number of rotatable bonds is 9. The molecule has 0 spiro atoms. The molecule has 140 valence electrons. The first-order valence-electron chi connectivity index (χ1n) is 8.70. The molecule has 0 aliphatic heterocycles. The lowest BCUT2D eigenvalue weighted by Crippen LogP contribution is -2.13. The molecular weight excluding hydrogens is 378 g/mol. The van der Waals surface area contributed by atoms with Crippen LogP contribution in [0.25, 0.3) is 0 Å². The zero-order valence-corrected chi connectivity index (χ0v) is 16.8. The lowest BCUT2D eigenvalue weighted by Gasteiger charge is -2.09. The van der Waals surface area contributed by atoms with E-state index in [2.05, 4.69) is 27.6 Å². The molecule has 0 fully saturated rings. The number of carbonyl (C=O) groups is 1. The molecule has 0 saturated carbocycles. The predicted molar refractivity (Wildman–Crippen MR) is 111 cm³/mol. The van der Waals surface area contributed by atoms with Gasteiger partial charge in [-0.2, -0.15) is 0 Å². The molecule has 1 atom stereocenters. The second-order valence-corrected chi connectivity index (χ2v) is 8.36. The van der Waals surface area contributed by atoms with Crippen LogP contribution in [0.4, 0.5) is 5.13 Å². The van der Waals surface area contributed by atoms with Gasteiger partial charge >= 0.3 is 0 Å². The summed E-state index contributed by atoms with van der Waals surface area (Å²) in [5, 5.41) is 12.1. The zero-order valence-electron chi connectivity index (χ0n) is 15.2. The molecule has 0 aliphatic carbocycles. The predicted octanol–water partition coefficient (Wildman–Crippen LogP) is 4.91. The number of thioether (sulfide) groups is 1. The van der Waals surface area contributed by atoms with Crippen molar-refractivity contribution in [3.63, 3.8) is 0 Å². The molecule has 1 N–H and O–H groups in total. The summed E-state index contributed by atoms with van der Waals surface area (Å²) in [6.07, 6.45) is 0. The first-order chi connectivity index (χ1) is 13.2. The van der Waals surface area contributed by atoms with Crippen molar-refractivity contribution in [2.75, 3.05) is 11.9 Å². The van der Waals surface area contributed by atoms with Crippen LogP contribution in [0.3, 0.4) is 0 Å². The van der Waals surface area contributed by atoms with E-state index in [-0.39, 0.29) is 11.0 Å². The van der Waals surface area contributed by atoms with Gasteiger partial charge in [-0.3, -0.25) is 4.79 Å². The lowest BCUT2D eigenvalue weighted by atomic mass is 10.1. The second kappa shape index (κ2) is 9.53. The molecule has 2 aromatic carbocycles. The van der Waals surface area contributed by atoms with E-state index < -0.39 is 0 Å². The minimum Gasteiger partial charge on any atom is -0.494 e. The van der Waals surface area contributed by atoms with E-state index in [9.17, 15) is 4.79 Å². The summed E-state index contributed by atoms with van der Waals surface area (Å²) in [6, 6.07) is 17.4. The number of aromatic nitrogens is 2. The summed E-state index contributed by atoms with van der Waals surface area (Å²) in [5.74, 6) is 0.838. The third-order valence-corrected chi connectivity index (χ3v) is 5.85. The van der Waals surface area contributed by atoms with Gasteiger partial charge in [-0.15, -0.1) is 10.2 Å². The number of benzene rings is 2. The van der Waals surface area contributed by atoms with Gasteiger partial charge in [-0.1, -0.05) is 53.4 Å². The maximum atomic E-state index is 12.6. The highest BCUT2D eigenvalue weighted by molar-refractivity contribution is 8.02. The average Bonchev–Trinajstić information content (AvgIpc) is 3.15. The van der Waals surface area contributed by atoms with Gasteiger partial charge in [0.1, 0.15) is 5.75 Å². The molecular formula is C20H21N3O2S2. The molecule has 3 rings (SSSR count). The largest absolute Gasteiger partial charge is 0.494 e. The van der Waals surface area contributed by atoms with Crippen LogP contribution >= 0.6 is 23.1 Å². The van der Waals surface area contributed by atoms with Gasteiger partial charge in [0.25, 0.3) is 0 Å². The Bertz CT molecular complexity index is 866. The molecule has 0 aliphatic rings. The van der Waals surface area contributed by atoms with Crippen LogP contribution in [-0.4, -0.2) is 27.8 Å². The van der Waals surface area contributed by atoms with Gasteiger partial charge in [-0.25, -0.2) is 0 Å². The van der Waals surface area contributed by atoms with E-state index in [1.807, 2.05) is 44.2 Å². The van der Waals surface area contributed by atoms with Gasteiger partial charge in [0.2, 0.25) is 5.13 Å². The van der Waals surface area contributed by atoms with E-state index in [4.69, 9.17) is 4.74 Å². The molecule has 0 unspecified atom stereocenters. The third kappa shape index (κ3) is 5.55. The van der Waals surface area contributed by atoms with Crippen molar-refractivity contribution in [3.05, 3.63) is 65.7 Å². The second-order valence-electron chi connectivity index (χ2n) is 5.79. The standard InChI is InChI=1S/C20H21N3O2S2/c1-3-25-17-11-9-16(10-12-17)18(24)14(2)26-20-23-22-19(27-20)21-13-15-7-5-4-6-8-15/h4-12,14H,3,13H2,1-2H3,(H,21,22)/t14-/m0/s1. The summed E-state index contributed by atoms with van der Waals surface area (Å²) < 4.78 is 6.19. The topological polar surface area (TPSA) is 64.1 Å². The molecule has 27 heavy (non-hydrogen) atoms. The van der Waals surface area contributed by atoms with E-state index in [1.54, 1.807) is 12.1 Å². The maximum Gasteiger partial charge on any atom is 0.206 e. The Labute approximate surface area is 167 Å². The summed E-state index contributed by atoms with van der Waals surface area (Å²) in [7, 11) is 0. The monoisotopic (exact) mass is 399 g/mol. The van der Waals surface area contributed by atoms with Crippen LogP contribution in [0, 0.1) is 0 Å². The van der Waals surface area contributed by atoms with Gasteiger partial charge in [0.15, 0.2) is 10.1 Å². The number of anilines is 1. The molecule has 5 nitrogen and oxygen atoms in total. The minimum absolute atomic E-state index is 0.0667. The molecule has 0 amide bonds. The van der Waals surface area contributed by atoms with Crippen molar-refractivity contribution in [2.45, 2.75) is 30.0 Å². The van der Waals surface area contributed by atoms with Crippen LogP contribution in [0.2, 0.25) is 0 Å². The quantitative estimate of drug-likeness (QED) is 0.407. The fraction of sp³-hybridized carbons (Fsp3) is 0.250. The van der Waals surface area contributed by atoms with E-state index in [0.717, 1.165) is 15.2 Å². The fourth-order valence-corrected chi connectivity index (χ4v) is 4.39. The lowest BCUT2D eigenvalue weighted by molar-refractivity contribution is 0.0994. The summed E-state index contributed by atoms with van der Waals surface area (Å²) >= 11 is 2.89. The van der Waals surface area contributed by atoms with Crippen LogP contribution in [0.1, 0.15) is 29.8 Å². The van der Waals surface area contributed by atoms with Crippen molar-refractivity contribution in [3.8, 4) is 5.75 Å². The van der Waals surface area contributed by atoms with E-state index in [1.165, 1.54) is 28.7 Å². The number of ketones is 1. The van der Waals surface area contributed by atoms with E-state index in [0.29, 0.717) is 18.7 Å². The Morgan fingerprint density at radius 2 is 1.89 bits per heavy atom. The molecule has 0 bridgehead atoms. The van der Waals surface area contributed by atoms with Crippen LogP contribution in [0.15, 0.2) is 58.9 Å². The van der Waals surface area contributed by atoms with Crippen molar-refractivity contribution >= 4 is 34.0 Å². The summed E-state index contributed by atoms with van der Waals surface area (Å²) in [5.41, 5.74) is 1.85. The Kier molecular flexibility index (Phi) is 6.84. The number of nitrogens with one attached hydrogen (secondary N) is 1. The molecule has 0 radical (unpaired) electrons. The highest BCUT2D eigenvalue weighted by atomic mass is 32.2. The molecule has 0 saturated heterocycles. The number of Topliss-reactive ketones (excluding diaryl/α,β-unsaturated/α-hetero) is 1. The first kappa shape index (κ1) is 19.4. The Morgan fingerprint density at radius 3 is 2.59 bits per heavy atom. The zero-order chi connectivity index (χ0) is 19.1. The van der Waals surface area contributed by atoms with Gasteiger partial charge in [-0.05, 0) is 43.7 Å². The number of nitrogens with zero attached hydrogens (tertiary/aromatic N) is 2. The van der Waals surface area contributed by atoms with E-state index >= 15 is 0 Å². The minimum atomic E-state index is -0.238. The number of hydrogen-bond acceptors (Lipinski definition) is 7. The average molecular weight is 400 g/mol. The SMILES string of the molecule is CCOc1ccc(C(=O)[C@H](C)Sc2nnc(NCc3ccccc3)s2)cc1. The third-order valence-electron chi connectivity index (χ3n) is 3.79. The Morgan fingerprint density at radius 1 is 1.15 bits per heavy atom. The normalized spacial score (nSPS) is 11.8. The van der Waals surface area contributed by atoms with Crippen molar-refractivity contribution in [2.24, 2.45) is 0 Å². The van der Waals surface area contributed by atoms with Gasteiger partial charge in [0, 0.05) is 12.1 Å². The summed E-state index contributed by atoms with van der Waals surface area (Å²) in [4.78, 5) is 12.6. The van der Waals surface area contributed by atoms with Crippen LogP contribution in [-0.2, 0) is 6.54 Å². The molecule has 1 aromatic heterocycles. The first-order valence-corrected chi connectivity index (χ1v) is 10.4. The highest BCUT2D eigenvalue weighted by Gasteiger charge is 2.19. The number of hydrogen-bond donors (Lipinski definition) is 1.